The maximum absolute atomic E-state index is 11.2. The van der Waals surface area contributed by atoms with E-state index in [0.717, 1.165) is 22.9 Å². The molecule has 0 saturated carbocycles. The molecule has 0 fully saturated rings. The van der Waals surface area contributed by atoms with Crippen molar-refractivity contribution in [3.05, 3.63) is 72.4 Å². The van der Waals surface area contributed by atoms with E-state index in [1.165, 1.54) is 0 Å². The Bertz CT molecular complexity index is 705. The molecule has 0 spiro atoms. The lowest BCUT2D eigenvalue weighted by molar-refractivity contribution is -0.569. The Kier molecular flexibility index (Phi) is 2.61. The molecule has 86 valence electrons. The standard InChI is InChI=1S/C16H12NO/c18-12-15-11-10-13-6-4-5-9-16(13)17(15)14-7-2-1-3-8-14/h1-12H/q+1. The molecule has 0 N–H and O–H groups in total. The number of hydrogen-bond donors (Lipinski definition) is 0. The Balaban J connectivity index is 2.41. The van der Waals surface area contributed by atoms with Gasteiger partial charge in [-0.1, -0.05) is 30.3 Å². The average Bonchev–Trinajstić information content (AvgIpc) is 2.47. The fourth-order valence-electron chi connectivity index (χ4n) is 2.18. The second-order valence-electron chi connectivity index (χ2n) is 4.11. The number of benzene rings is 2. The number of rotatable bonds is 2. The van der Waals surface area contributed by atoms with E-state index in [2.05, 4.69) is 0 Å². The number of hydrogen-bond acceptors (Lipinski definition) is 1. The molecule has 18 heavy (non-hydrogen) atoms. The van der Waals surface area contributed by atoms with Crippen LogP contribution in [-0.2, 0) is 0 Å². The quantitative estimate of drug-likeness (QED) is 0.493. The number of para-hydroxylation sites is 2. The van der Waals surface area contributed by atoms with Gasteiger partial charge in [0, 0.05) is 29.7 Å². The molecule has 0 aliphatic rings. The zero-order valence-electron chi connectivity index (χ0n) is 9.78. The topological polar surface area (TPSA) is 20.9 Å². The minimum Gasteiger partial charge on any atom is -0.291 e. The van der Waals surface area contributed by atoms with Crippen LogP contribution in [-0.4, -0.2) is 6.29 Å². The third-order valence-electron chi connectivity index (χ3n) is 3.00. The molecule has 0 aliphatic heterocycles. The lowest BCUT2D eigenvalue weighted by Crippen LogP contribution is -2.36. The molecule has 1 aromatic heterocycles. The van der Waals surface area contributed by atoms with Gasteiger partial charge in [0.1, 0.15) is 0 Å². The normalized spacial score (nSPS) is 10.4. The van der Waals surface area contributed by atoms with Crippen molar-refractivity contribution in [2.45, 2.75) is 0 Å². The van der Waals surface area contributed by atoms with Crippen LogP contribution in [0.15, 0.2) is 66.7 Å². The molecule has 0 amide bonds. The van der Waals surface area contributed by atoms with Gasteiger partial charge in [-0.25, -0.2) is 0 Å². The van der Waals surface area contributed by atoms with Gasteiger partial charge in [0.25, 0.3) is 5.69 Å². The van der Waals surface area contributed by atoms with Crippen LogP contribution in [0.1, 0.15) is 10.5 Å². The largest absolute Gasteiger partial charge is 0.291 e. The number of fused-ring (bicyclic) bond motifs is 1. The van der Waals surface area contributed by atoms with Crippen molar-refractivity contribution < 1.29 is 9.36 Å². The van der Waals surface area contributed by atoms with Crippen LogP contribution in [0.3, 0.4) is 0 Å². The molecule has 0 unspecified atom stereocenters. The van der Waals surface area contributed by atoms with E-state index in [-0.39, 0.29) is 0 Å². The van der Waals surface area contributed by atoms with Crippen LogP contribution in [0.2, 0.25) is 0 Å². The highest BCUT2D eigenvalue weighted by Crippen LogP contribution is 2.12. The summed E-state index contributed by atoms with van der Waals surface area (Å²) in [6.45, 7) is 0. The van der Waals surface area contributed by atoms with E-state index >= 15 is 0 Å². The predicted molar refractivity (Wildman–Crippen MR) is 70.9 cm³/mol. The Labute approximate surface area is 105 Å². The molecule has 0 aliphatic carbocycles. The summed E-state index contributed by atoms with van der Waals surface area (Å²) in [6, 6.07) is 21.8. The van der Waals surface area contributed by atoms with Crippen molar-refractivity contribution in [1.29, 1.82) is 0 Å². The molecule has 0 saturated heterocycles. The first kappa shape index (κ1) is 10.7. The molecule has 3 rings (SSSR count). The Morgan fingerprint density at radius 2 is 1.50 bits per heavy atom. The molecule has 0 bridgehead atoms. The average molecular weight is 234 g/mol. The first-order valence-corrected chi connectivity index (χ1v) is 5.84. The summed E-state index contributed by atoms with van der Waals surface area (Å²) in [5.41, 5.74) is 2.68. The third-order valence-corrected chi connectivity index (χ3v) is 3.00. The molecule has 0 radical (unpaired) electrons. The summed E-state index contributed by atoms with van der Waals surface area (Å²) < 4.78 is 1.97. The van der Waals surface area contributed by atoms with Gasteiger partial charge in [0.15, 0.2) is 0 Å². The number of carbonyl (C=O) groups is 1. The van der Waals surface area contributed by atoms with Crippen molar-refractivity contribution in [1.82, 2.24) is 0 Å². The van der Waals surface area contributed by atoms with Crippen molar-refractivity contribution in [3.8, 4) is 5.69 Å². The number of pyridine rings is 1. The van der Waals surface area contributed by atoms with Crippen molar-refractivity contribution in [2.24, 2.45) is 0 Å². The first-order valence-electron chi connectivity index (χ1n) is 5.84. The van der Waals surface area contributed by atoms with Gasteiger partial charge in [0.05, 0.1) is 0 Å². The van der Waals surface area contributed by atoms with Crippen LogP contribution in [0, 0.1) is 0 Å². The molecule has 0 atom stereocenters. The van der Waals surface area contributed by atoms with E-state index in [4.69, 9.17) is 0 Å². The molecular formula is C16H12NO+. The smallest absolute Gasteiger partial charge is 0.251 e. The van der Waals surface area contributed by atoms with Crippen LogP contribution in [0.25, 0.3) is 16.6 Å². The molecule has 3 aromatic rings. The first-order chi connectivity index (χ1) is 8.90. The van der Waals surface area contributed by atoms with Gasteiger partial charge in [-0.15, -0.1) is 0 Å². The second kappa shape index (κ2) is 4.41. The SMILES string of the molecule is O=Cc1ccc2ccccc2[n+]1-c1ccccc1. The van der Waals surface area contributed by atoms with Crippen LogP contribution in [0.5, 0.6) is 0 Å². The number of aromatic nitrogens is 1. The lowest BCUT2D eigenvalue weighted by Gasteiger charge is -2.02. The summed E-state index contributed by atoms with van der Waals surface area (Å²) in [5.74, 6) is 0. The van der Waals surface area contributed by atoms with Crippen LogP contribution >= 0.6 is 0 Å². The van der Waals surface area contributed by atoms with Gasteiger partial charge >= 0.3 is 0 Å². The monoisotopic (exact) mass is 234 g/mol. The van der Waals surface area contributed by atoms with E-state index in [0.29, 0.717) is 5.69 Å². The van der Waals surface area contributed by atoms with E-state index in [1.807, 2.05) is 71.3 Å². The van der Waals surface area contributed by atoms with E-state index in [9.17, 15) is 4.79 Å². The third kappa shape index (κ3) is 1.68. The Morgan fingerprint density at radius 3 is 2.28 bits per heavy atom. The highest BCUT2D eigenvalue weighted by molar-refractivity contribution is 5.79. The highest BCUT2D eigenvalue weighted by atomic mass is 16.1. The minimum absolute atomic E-state index is 0.653. The fourth-order valence-corrected chi connectivity index (χ4v) is 2.18. The summed E-state index contributed by atoms with van der Waals surface area (Å²) >= 11 is 0. The van der Waals surface area contributed by atoms with Crippen molar-refractivity contribution in [2.75, 3.05) is 0 Å². The van der Waals surface area contributed by atoms with E-state index in [1.54, 1.807) is 0 Å². The van der Waals surface area contributed by atoms with Crippen molar-refractivity contribution >= 4 is 17.2 Å². The van der Waals surface area contributed by atoms with Gasteiger partial charge < -0.3 is 0 Å². The zero-order chi connectivity index (χ0) is 12.4. The summed E-state index contributed by atoms with van der Waals surface area (Å²) in [6.07, 6.45) is 0.888. The zero-order valence-corrected chi connectivity index (χ0v) is 9.78. The number of nitrogens with zero attached hydrogens (tertiary/aromatic N) is 1. The molecule has 1 heterocycles. The maximum atomic E-state index is 11.2. The lowest BCUT2D eigenvalue weighted by atomic mass is 10.1. The fraction of sp³-hybridized carbons (Fsp3) is 0. The predicted octanol–water partition coefficient (Wildman–Crippen LogP) is 2.93. The molecule has 2 aromatic carbocycles. The van der Waals surface area contributed by atoms with Gasteiger partial charge in [0.2, 0.25) is 17.5 Å². The number of carbonyl (C=O) groups excluding carboxylic acids is 1. The summed E-state index contributed by atoms with van der Waals surface area (Å²) in [5, 5.41) is 1.12. The molecule has 2 heteroatoms. The number of aldehydes is 1. The highest BCUT2D eigenvalue weighted by Gasteiger charge is 2.16. The van der Waals surface area contributed by atoms with Crippen LogP contribution in [0.4, 0.5) is 0 Å². The van der Waals surface area contributed by atoms with Crippen molar-refractivity contribution in [3.63, 3.8) is 0 Å². The Morgan fingerprint density at radius 1 is 0.778 bits per heavy atom. The Hall–Kier alpha value is -2.48. The molecule has 2 nitrogen and oxygen atoms in total. The molecular weight excluding hydrogens is 222 g/mol. The van der Waals surface area contributed by atoms with Gasteiger partial charge in [-0.2, -0.15) is 4.57 Å². The van der Waals surface area contributed by atoms with Crippen LogP contribution < -0.4 is 4.57 Å². The van der Waals surface area contributed by atoms with Gasteiger partial charge in [-0.05, 0) is 12.1 Å². The van der Waals surface area contributed by atoms with Gasteiger partial charge in [-0.3, -0.25) is 4.79 Å². The minimum atomic E-state index is 0.653. The summed E-state index contributed by atoms with van der Waals surface area (Å²) in [7, 11) is 0. The summed E-state index contributed by atoms with van der Waals surface area (Å²) in [4.78, 5) is 11.2. The maximum Gasteiger partial charge on any atom is 0.251 e. The second-order valence-corrected chi connectivity index (χ2v) is 4.11. The van der Waals surface area contributed by atoms with E-state index < -0.39 is 0 Å².